The molecule has 0 aliphatic carbocycles. The van der Waals surface area contributed by atoms with Crippen molar-refractivity contribution in [1.29, 1.82) is 5.41 Å². The Labute approximate surface area is 208 Å². The highest BCUT2D eigenvalue weighted by atomic mass is 19.4. The molecule has 0 bridgehead atoms. The van der Waals surface area contributed by atoms with Crippen molar-refractivity contribution >= 4 is 17.6 Å². The maximum absolute atomic E-state index is 12.7. The van der Waals surface area contributed by atoms with Crippen LogP contribution in [-0.2, 0) is 0 Å². The molecule has 9 nitrogen and oxygen atoms in total. The van der Waals surface area contributed by atoms with E-state index in [1.165, 1.54) is 47.1 Å². The maximum Gasteiger partial charge on any atom is 0.422 e. The third kappa shape index (κ3) is 6.04. The van der Waals surface area contributed by atoms with Gasteiger partial charge in [0.25, 0.3) is 0 Å². The van der Waals surface area contributed by atoms with Gasteiger partial charge in [0.15, 0.2) is 12.3 Å². The van der Waals surface area contributed by atoms with Gasteiger partial charge in [0.1, 0.15) is 11.4 Å². The van der Waals surface area contributed by atoms with Crippen molar-refractivity contribution < 1.29 is 22.6 Å². The molecule has 0 radical (unpaired) electrons. The highest BCUT2D eigenvalue weighted by molar-refractivity contribution is 5.86. The first-order valence-corrected chi connectivity index (χ1v) is 10.8. The Morgan fingerprint density at radius 1 is 1.14 bits per heavy atom. The molecule has 0 fully saturated rings. The molecule has 0 amide bonds. The summed E-state index contributed by atoms with van der Waals surface area (Å²) < 4.78 is 50.8. The average Bonchev–Trinajstić information content (AvgIpc) is 3.36. The second-order valence-corrected chi connectivity index (χ2v) is 7.55. The van der Waals surface area contributed by atoms with E-state index < -0.39 is 12.8 Å². The molecule has 0 atom stereocenters. The van der Waals surface area contributed by atoms with Crippen LogP contribution in [0.5, 0.6) is 11.6 Å². The number of para-hydroxylation sites is 1. The molecular weight excluding hydrogens is 489 g/mol. The second-order valence-electron chi connectivity index (χ2n) is 7.55. The summed E-state index contributed by atoms with van der Waals surface area (Å²) in [4.78, 5) is 12.7. The number of rotatable bonds is 9. The van der Waals surface area contributed by atoms with E-state index >= 15 is 0 Å². The minimum absolute atomic E-state index is 0.0656. The van der Waals surface area contributed by atoms with Gasteiger partial charge in [0, 0.05) is 36.3 Å². The zero-order valence-electron chi connectivity index (χ0n) is 19.4. The summed E-state index contributed by atoms with van der Waals surface area (Å²) in [6.07, 6.45) is 0.742. The van der Waals surface area contributed by atoms with Crippen molar-refractivity contribution in [2.45, 2.75) is 6.18 Å². The lowest BCUT2D eigenvalue weighted by atomic mass is 10.2. The van der Waals surface area contributed by atoms with Crippen LogP contribution in [-0.4, -0.2) is 45.7 Å². The smallest absolute Gasteiger partial charge is 0.422 e. The molecule has 2 N–H and O–H groups in total. The molecule has 4 aromatic rings. The van der Waals surface area contributed by atoms with E-state index in [0.717, 1.165) is 6.21 Å². The second kappa shape index (κ2) is 10.8. The van der Waals surface area contributed by atoms with Gasteiger partial charge in [0.2, 0.25) is 11.3 Å². The SMILES string of the molecule is COc1cc(-n2nccc2OCC(F)(F)F)ccc1-n1ccc(=O)c(/C(=C/C=N)Nc2ccccc2)n1. The molecule has 12 heteroatoms. The van der Waals surface area contributed by atoms with Crippen LogP contribution in [0.3, 0.4) is 0 Å². The van der Waals surface area contributed by atoms with Crippen molar-refractivity contribution in [3.8, 4) is 23.0 Å². The van der Waals surface area contributed by atoms with Gasteiger partial charge in [-0.25, -0.2) is 9.36 Å². The molecule has 0 aliphatic rings. The van der Waals surface area contributed by atoms with Gasteiger partial charge in [-0.1, -0.05) is 18.2 Å². The molecule has 2 heterocycles. The number of ether oxygens (including phenoxy) is 2. The Morgan fingerprint density at radius 3 is 2.62 bits per heavy atom. The van der Waals surface area contributed by atoms with Gasteiger partial charge in [-0.3, -0.25) is 4.79 Å². The van der Waals surface area contributed by atoms with Crippen LogP contribution in [0.4, 0.5) is 18.9 Å². The molecule has 190 valence electrons. The predicted octanol–water partition coefficient (Wildman–Crippen LogP) is 4.47. The van der Waals surface area contributed by atoms with Crippen LogP contribution in [0.1, 0.15) is 5.69 Å². The van der Waals surface area contributed by atoms with Crippen LogP contribution in [0.15, 0.2) is 83.9 Å². The van der Waals surface area contributed by atoms with Crippen LogP contribution < -0.4 is 20.2 Å². The van der Waals surface area contributed by atoms with Crippen molar-refractivity contribution in [3.05, 3.63) is 95.1 Å². The fourth-order valence-corrected chi connectivity index (χ4v) is 3.41. The van der Waals surface area contributed by atoms with Gasteiger partial charge in [-0.15, -0.1) is 0 Å². The predicted molar refractivity (Wildman–Crippen MR) is 132 cm³/mol. The standard InChI is InChI=1S/C25H21F3N6O3/c1-36-22-15-18(34-23(10-13-30-34)37-16-25(26,27)28)7-8-20(22)33-14-11-21(35)24(32-33)19(9-12-29)31-17-5-3-2-4-6-17/h2-15,29,31H,16H2,1H3/b19-9-,29-12?. The Hall–Kier alpha value is -4.87. The molecule has 0 spiro atoms. The number of halogens is 3. The largest absolute Gasteiger partial charge is 0.494 e. The summed E-state index contributed by atoms with van der Waals surface area (Å²) >= 11 is 0. The number of allylic oxidation sites excluding steroid dienone is 1. The van der Waals surface area contributed by atoms with Gasteiger partial charge < -0.3 is 20.2 Å². The number of nitrogens with one attached hydrogen (secondary N) is 2. The van der Waals surface area contributed by atoms with Crippen molar-refractivity contribution in [1.82, 2.24) is 19.6 Å². The molecule has 4 rings (SSSR count). The van der Waals surface area contributed by atoms with E-state index in [4.69, 9.17) is 14.9 Å². The first kappa shape index (κ1) is 25.2. The molecule has 0 saturated heterocycles. The van der Waals surface area contributed by atoms with Gasteiger partial charge in [-0.05, 0) is 30.3 Å². The van der Waals surface area contributed by atoms with Crippen molar-refractivity contribution in [2.24, 2.45) is 0 Å². The van der Waals surface area contributed by atoms with E-state index in [1.54, 1.807) is 18.2 Å². The van der Waals surface area contributed by atoms with Crippen molar-refractivity contribution in [2.75, 3.05) is 19.0 Å². The minimum atomic E-state index is -4.50. The Bertz CT molecular complexity index is 1480. The molecule has 0 unspecified atom stereocenters. The zero-order valence-corrected chi connectivity index (χ0v) is 19.4. The highest BCUT2D eigenvalue weighted by Gasteiger charge is 2.29. The van der Waals surface area contributed by atoms with Crippen LogP contribution in [0.2, 0.25) is 0 Å². The summed E-state index contributed by atoms with van der Waals surface area (Å²) in [5, 5.41) is 19.1. The lowest BCUT2D eigenvalue weighted by molar-refractivity contribution is -0.154. The molecule has 2 aromatic carbocycles. The van der Waals surface area contributed by atoms with E-state index in [1.807, 2.05) is 30.3 Å². The van der Waals surface area contributed by atoms with Gasteiger partial charge in [0.05, 0.1) is 24.7 Å². The fourth-order valence-electron chi connectivity index (χ4n) is 3.41. The summed E-state index contributed by atoms with van der Waals surface area (Å²) in [5.74, 6) is 0.217. The summed E-state index contributed by atoms with van der Waals surface area (Å²) in [7, 11) is 1.42. The molecule has 0 aliphatic heterocycles. The number of hydrogen-bond donors (Lipinski definition) is 2. The Balaban J connectivity index is 1.70. The van der Waals surface area contributed by atoms with Crippen LogP contribution >= 0.6 is 0 Å². The third-order valence-corrected chi connectivity index (χ3v) is 5.01. The van der Waals surface area contributed by atoms with Crippen molar-refractivity contribution in [3.63, 3.8) is 0 Å². The molecule has 0 saturated carbocycles. The quantitative estimate of drug-likeness (QED) is 0.322. The molecule has 37 heavy (non-hydrogen) atoms. The summed E-state index contributed by atoms with van der Waals surface area (Å²) in [5.41, 5.74) is 1.56. The molecule has 2 aromatic heterocycles. The van der Waals surface area contributed by atoms with E-state index in [-0.39, 0.29) is 17.0 Å². The zero-order chi connectivity index (χ0) is 26.4. The Morgan fingerprint density at radius 2 is 1.92 bits per heavy atom. The first-order valence-electron chi connectivity index (χ1n) is 10.8. The monoisotopic (exact) mass is 510 g/mol. The number of methoxy groups -OCH3 is 1. The van der Waals surface area contributed by atoms with E-state index in [0.29, 0.717) is 28.5 Å². The summed E-state index contributed by atoms with van der Waals surface area (Å²) in [6, 6.07) is 16.5. The topological polar surface area (TPSA) is 107 Å². The average molecular weight is 510 g/mol. The number of alkyl halides is 3. The lowest BCUT2D eigenvalue weighted by Gasteiger charge is -2.16. The fraction of sp³-hybridized carbons (Fsp3) is 0.120. The van der Waals surface area contributed by atoms with Crippen LogP contribution in [0.25, 0.3) is 17.1 Å². The van der Waals surface area contributed by atoms with Gasteiger partial charge >= 0.3 is 6.18 Å². The highest BCUT2D eigenvalue weighted by Crippen LogP contribution is 2.28. The molecular formula is C25H21F3N6O3. The third-order valence-electron chi connectivity index (χ3n) is 5.01. The van der Waals surface area contributed by atoms with Crippen LogP contribution in [0, 0.1) is 5.41 Å². The first-order chi connectivity index (χ1) is 17.8. The minimum Gasteiger partial charge on any atom is -0.494 e. The Kier molecular flexibility index (Phi) is 7.37. The number of nitrogens with zero attached hydrogens (tertiary/aromatic N) is 4. The number of benzene rings is 2. The van der Waals surface area contributed by atoms with E-state index in [2.05, 4.69) is 15.5 Å². The van der Waals surface area contributed by atoms with E-state index in [9.17, 15) is 18.0 Å². The number of anilines is 1. The number of aromatic nitrogens is 4. The maximum atomic E-state index is 12.7. The lowest BCUT2D eigenvalue weighted by Crippen LogP contribution is -2.20. The van der Waals surface area contributed by atoms with Gasteiger partial charge in [-0.2, -0.15) is 23.4 Å². The summed E-state index contributed by atoms with van der Waals surface area (Å²) in [6.45, 7) is -1.46. The number of hydrogen-bond acceptors (Lipinski definition) is 7. The normalized spacial score (nSPS) is 11.7.